The number of ether oxygens (including phenoxy) is 4. The lowest BCUT2D eigenvalue weighted by Crippen LogP contribution is -2.06. The summed E-state index contributed by atoms with van der Waals surface area (Å²) in [4.78, 5) is 0. The fourth-order valence-electron chi connectivity index (χ4n) is 4.10. The van der Waals surface area contributed by atoms with Gasteiger partial charge >= 0.3 is 7.82 Å². The fourth-order valence-corrected chi connectivity index (χ4v) is 6.17. The van der Waals surface area contributed by atoms with Gasteiger partial charge in [0.2, 0.25) is 0 Å². The first kappa shape index (κ1) is 33.0. The molecule has 0 radical (unpaired) electrons. The van der Waals surface area contributed by atoms with Crippen molar-refractivity contribution in [3.05, 3.63) is 119 Å². The van der Waals surface area contributed by atoms with E-state index in [1.165, 1.54) is 21.3 Å². The Morgan fingerprint density at radius 1 is 0.659 bits per heavy atom. The molecule has 0 aliphatic heterocycles. The molecule has 11 heteroatoms. The van der Waals surface area contributed by atoms with E-state index < -0.39 is 19.0 Å². The van der Waals surface area contributed by atoms with Gasteiger partial charge in [-0.3, -0.25) is 9.05 Å². The van der Waals surface area contributed by atoms with Gasteiger partial charge in [0, 0.05) is 23.8 Å². The van der Waals surface area contributed by atoms with Crippen molar-refractivity contribution in [2.45, 2.75) is 19.0 Å². The zero-order valence-corrected chi connectivity index (χ0v) is 26.7. The summed E-state index contributed by atoms with van der Waals surface area (Å²) in [5, 5.41) is 1.55. The van der Waals surface area contributed by atoms with E-state index in [0.717, 1.165) is 11.1 Å². The van der Waals surface area contributed by atoms with E-state index in [9.17, 15) is 9.12 Å². The first-order valence-electron chi connectivity index (χ1n) is 13.5. The molecule has 0 spiro atoms. The summed E-state index contributed by atoms with van der Waals surface area (Å²) < 4.78 is 66.2. The molecule has 0 N–H and O–H groups in total. The molecule has 0 aromatic heterocycles. The molecule has 0 aliphatic rings. The van der Waals surface area contributed by atoms with Gasteiger partial charge in [-0.2, -0.15) is 0 Å². The first-order chi connectivity index (χ1) is 21.4. The Labute approximate surface area is 261 Å². The van der Waals surface area contributed by atoms with Crippen LogP contribution in [0.4, 0.5) is 0 Å². The molecule has 9 nitrogen and oxygen atoms in total. The summed E-state index contributed by atoms with van der Waals surface area (Å²) in [6.45, 7) is 0.00399. The predicted molar refractivity (Wildman–Crippen MR) is 171 cm³/mol. The van der Waals surface area contributed by atoms with Crippen LogP contribution in [0.2, 0.25) is 0 Å². The van der Waals surface area contributed by atoms with Crippen LogP contribution in [0.5, 0.6) is 28.7 Å². The van der Waals surface area contributed by atoms with E-state index >= 15 is 0 Å². The highest BCUT2D eigenvalue weighted by Crippen LogP contribution is 2.53. The molecule has 0 aliphatic carbocycles. The maximum Gasteiger partial charge on any atom is 0.530 e. The number of methoxy groups -OCH3 is 4. The highest BCUT2D eigenvalue weighted by atomic mass is 32.2. The molecule has 44 heavy (non-hydrogen) atoms. The molecule has 1 unspecified atom stereocenters. The highest BCUT2D eigenvalue weighted by molar-refractivity contribution is 7.93. The van der Waals surface area contributed by atoms with Crippen LogP contribution in [0, 0.1) is 0 Å². The predicted octanol–water partition coefficient (Wildman–Crippen LogP) is 7.56. The van der Waals surface area contributed by atoms with Crippen LogP contribution in [0.25, 0.3) is 6.08 Å². The molecule has 0 heterocycles. The SMILES string of the molecule is COc1cc(OC)c(/C=C/[S+]([O-])Cc2ccc(OC)c(OP(=O)(OCc3ccccc3)OCc3ccccc3)c2)c(OC)c1. The third-order valence-electron chi connectivity index (χ3n) is 6.35. The van der Waals surface area contributed by atoms with Gasteiger partial charge in [-0.15, -0.1) is 0 Å². The van der Waals surface area contributed by atoms with Crippen LogP contribution in [0.15, 0.2) is 96.4 Å². The van der Waals surface area contributed by atoms with Crippen molar-refractivity contribution in [1.82, 2.24) is 0 Å². The smallest absolute Gasteiger partial charge is 0.530 e. The van der Waals surface area contributed by atoms with Gasteiger partial charge < -0.3 is 28.0 Å². The van der Waals surface area contributed by atoms with Gasteiger partial charge in [0.15, 0.2) is 11.5 Å². The van der Waals surface area contributed by atoms with Gasteiger partial charge in [-0.1, -0.05) is 66.7 Å². The van der Waals surface area contributed by atoms with E-state index in [4.69, 9.17) is 32.5 Å². The second kappa shape index (κ2) is 16.2. The minimum absolute atomic E-state index is 0.00199. The van der Waals surface area contributed by atoms with E-state index in [0.29, 0.717) is 34.1 Å². The Balaban J connectivity index is 1.54. The minimum atomic E-state index is -4.15. The van der Waals surface area contributed by atoms with E-state index in [2.05, 4.69) is 0 Å². The first-order valence-corrected chi connectivity index (χ1v) is 16.4. The normalized spacial score (nSPS) is 12.1. The van der Waals surface area contributed by atoms with Crippen LogP contribution in [-0.4, -0.2) is 33.0 Å². The Morgan fingerprint density at radius 3 is 1.70 bits per heavy atom. The lowest BCUT2D eigenvalue weighted by Gasteiger charge is -2.20. The fraction of sp³-hybridized carbons (Fsp3) is 0.212. The van der Waals surface area contributed by atoms with Crippen LogP contribution in [-0.2, 0) is 43.8 Å². The van der Waals surface area contributed by atoms with Crippen LogP contribution < -0.4 is 23.5 Å². The Kier molecular flexibility index (Phi) is 12.2. The number of phosphoric acid groups is 1. The van der Waals surface area contributed by atoms with E-state index in [-0.39, 0.29) is 24.7 Å². The lowest BCUT2D eigenvalue weighted by atomic mass is 10.1. The molecule has 232 valence electrons. The average molecular weight is 639 g/mol. The number of hydrogen-bond donors (Lipinski definition) is 0. The molecule has 4 aromatic rings. The number of hydrogen-bond acceptors (Lipinski definition) is 9. The van der Waals surface area contributed by atoms with E-state index in [1.54, 1.807) is 48.9 Å². The molecule has 0 fully saturated rings. The number of phosphoric ester groups is 1. The summed E-state index contributed by atoms with van der Waals surface area (Å²) in [5.41, 5.74) is 2.87. The van der Waals surface area contributed by atoms with Gasteiger partial charge in [0.25, 0.3) is 0 Å². The van der Waals surface area contributed by atoms with Crippen molar-refractivity contribution >= 4 is 25.1 Å². The molecule has 4 rings (SSSR count). The molecule has 4 aromatic carbocycles. The third kappa shape index (κ3) is 9.29. The largest absolute Gasteiger partial charge is 0.612 e. The molecule has 0 amide bonds. The maximum absolute atomic E-state index is 13.9. The van der Waals surface area contributed by atoms with Gasteiger partial charge in [0.1, 0.15) is 28.4 Å². The average Bonchev–Trinajstić information content (AvgIpc) is 3.06. The van der Waals surface area contributed by atoms with Crippen molar-refractivity contribution in [3.63, 3.8) is 0 Å². The summed E-state index contributed by atoms with van der Waals surface area (Å²) in [5.74, 6) is 2.18. The third-order valence-corrected chi connectivity index (χ3v) is 8.72. The second-order valence-corrected chi connectivity index (χ2v) is 12.2. The number of rotatable bonds is 16. The minimum Gasteiger partial charge on any atom is -0.612 e. The van der Waals surface area contributed by atoms with Crippen molar-refractivity contribution in [1.29, 1.82) is 0 Å². The molecular weight excluding hydrogens is 603 g/mol. The van der Waals surface area contributed by atoms with Crippen LogP contribution in [0.3, 0.4) is 0 Å². The highest BCUT2D eigenvalue weighted by Gasteiger charge is 2.31. The summed E-state index contributed by atoms with van der Waals surface area (Å²) >= 11 is -1.45. The second-order valence-electron chi connectivity index (χ2n) is 9.32. The summed E-state index contributed by atoms with van der Waals surface area (Å²) in [6, 6.07) is 27.1. The molecule has 0 bridgehead atoms. The topological polar surface area (TPSA) is 105 Å². The van der Waals surface area contributed by atoms with Gasteiger partial charge in [0.05, 0.1) is 47.2 Å². The van der Waals surface area contributed by atoms with Crippen molar-refractivity contribution in [2.75, 3.05) is 28.4 Å². The maximum atomic E-state index is 13.9. The number of benzene rings is 4. The quantitative estimate of drug-likeness (QED) is 0.0908. The zero-order valence-electron chi connectivity index (χ0n) is 25.0. The standard InChI is InChI=1S/C33H35O9PS/c1-36-28-20-31(38-3)29(32(21-28)39-4)17-18-44(35)24-27-15-16-30(37-2)33(19-27)42-43(34,40-22-25-11-7-5-8-12-25)41-23-26-13-9-6-10-14-26/h5-21H,22-24H2,1-4H3/b18-17+. The van der Waals surface area contributed by atoms with Crippen molar-refractivity contribution in [2.24, 2.45) is 0 Å². The van der Waals surface area contributed by atoms with Crippen molar-refractivity contribution in [3.8, 4) is 28.7 Å². The Hall–Kier alpha value is -3.92. The molecule has 0 saturated carbocycles. The van der Waals surface area contributed by atoms with Gasteiger partial charge in [-0.05, 0) is 34.4 Å². The van der Waals surface area contributed by atoms with E-state index in [1.807, 2.05) is 60.7 Å². The van der Waals surface area contributed by atoms with Crippen LogP contribution in [0.1, 0.15) is 22.3 Å². The van der Waals surface area contributed by atoms with Crippen molar-refractivity contribution < 1.29 is 41.6 Å². The Morgan fingerprint density at radius 2 is 1.20 bits per heavy atom. The Bertz CT molecular complexity index is 1490. The van der Waals surface area contributed by atoms with Crippen LogP contribution >= 0.6 is 7.82 Å². The zero-order chi connectivity index (χ0) is 31.4. The molecular formula is C33H35O9PS. The molecule has 1 atom stereocenters. The monoisotopic (exact) mass is 638 g/mol. The summed E-state index contributed by atoms with van der Waals surface area (Å²) in [6.07, 6.45) is 1.68. The summed E-state index contributed by atoms with van der Waals surface area (Å²) in [7, 11) is 1.94. The molecule has 0 saturated heterocycles. The van der Waals surface area contributed by atoms with Gasteiger partial charge in [-0.25, -0.2) is 4.57 Å². The lowest BCUT2D eigenvalue weighted by molar-refractivity contribution is 0.142.